The second-order valence-corrected chi connectivity index (χ2v) is 5.03. The number of alkyl halides is 1. The van der Waals surface area contributed by atoms with Crippen molar-refractivity contribution < 1.29 is 4.79 Å². The smallest absolute Gasteiger partial charge is 0.222 e. The van der Waals surface area contributed by atoms with Gasteiger partial charge in [0.2, 0.25) is 5.91 Å². The maximum atomic E-state index is 11.4. The lowest BCUT2D eigenvalue weighted by Crippen LogP contribution is -2.18. The fourth-order valence-electron chi connectivity index (χ4n) is 2.71. The van der Waals surface area contributed by atoms with Crippen molar-refractivity contribution in [3.63, 3.8) is 0 Å². The number of rotatable bonds is 3. The van der Waals surface area contributed by atoms with Crippen LogP contribution >= 0.6 is 11.6 Å². The minimum atomic E-state index is 0.0756. The molecule has 1 fully saturated rings. The average Bonchev–Trinajstić information content (AvgIpc) is 3.04. The Morgan fingerprint density at radius 2 is 2.32 bits per heavy atom. The minimum Gasteiger partial charge on any atom is -0.354 e. The molecule has 1 amide bonds. The molecule has 0 spiro atoms. The monoisotopic (exact) mass is 281 g/mol. The van der Waals surface area contributed by atoms with E-state index < -0.39 is 0 Å². The van der Waals surface area contributed by atoms with Gasteiger partial charge in [-0.2, -0.15) is 5.10 Å². The van der Waals surface area contributed by atoms with E-state index in [0.29, 0.717) is 18.8 Å². The molecule has 19 heavy (non-hydrogen) atoms. The van der Waals surface area contributed by atoms with E-state index in [9.17, 15) is 4.79 Å². The minimum absolute atomic E-state index is 0.0756. The van der Waals surface area contributed by atoms with Gasteiger partial charge in [-0.1, -0.05) is 0 Å². The first-order chi connectivity index (χ1) is 9.15. The summed E-state index contributed by atoms with van der Waals surface area (Å²) in [5, 5.41) is 7.34. The molecule has 1 unspecified atom stereocenters. The highest BCUT2D eigenvalue weighted by Gasteiger charge is 2.29. The van der Waals surface area contributed by atoms with Crippen molar-refractivity contribution in [1.82, 2.24) is 24.6 Å². The second-order valence-electron chi connectivity index (χ2n) is 4.77. The summed E-state index contributed by atoms with van der Waals surface area (Å²) >= 11 is 6.00. The van der Waals surface area contributed by atoms with Crippen molar-refractivity contribution in [1.29, 1.82) is 0 Å². The molecular weight excluding hydrogens is 266 g/mol. The number of nitrogens with one attached hydrogen (secondary N) is 1. The van der Waals surface area contributed by atoms with Crippen LogP contribution in [0.25, 0.3) is 11.2 Å². The Labute approximate surface area is 115 Å². The van der Waals surface area contributed by atoms with E-state index in [4.69, 9.17) is 11.6 Å². The van der Waals surface area contributed by atoms with Gasteiger partial charge in [0.05, 0.1) is 17.6 Å². The second kappa shape index (κ2) is 4.52. The van der Waals surface area contributed by atoms with Gasteiger partial charge in [-0.15, -0.1) is 11.6 Å². The highest BCUT2D eigenvalue weighted by Crippen LogP contribution is 2.27. The lowest BCUT2D eigenvalue weighted by Gasteiger charge is -2.14. The van der Waals surface area contributed by atoms with E-state index in [1.165, 1.54) is 0 Å². The number of carbonyl (C=O) groups excluding carboxylic acids is 1. The lowest BCUT2D eigenvalue weighted by atomic mass is 10.2. The number of halogens is 1. The molecule has 6 nitrogen and oxygen atoms in total. The van der Waals surface area contributed by atoms with Gasteiger partial charge in [0.25, 0.3) is 0 Å². The quantitative estimate of drug-likeness (QED) is 0.864. The molecule has 1 aliphatic rings. The molecule has 1 atom stereocenters. The van der Waals surface area contributed by atoms with E-state index in [1.54, 1.807) is 0 Å². The van der Waals surface area contributed by atoms with Crippen LogP contribution in [0.3, 0.4) is 0 Å². The molecule has 2 aromatic heterocycles. The highest BCUT2D eigenvalue weighted by molar-refractivity contribution is 6.16. The van der Waals surface area contributed by atoms with Crippen LogP contribution in [0, 0.1) is 6.92 Å². The summed E-state index contributed by atoms with van der Waals surface area (Å²) in [5.41, 5.74) is 2.76. The van der Waals surface area contributed by atoms with Crippen LogP contribution in [0.15, 0.2) is 0 Å². The van der Waals surface area contributed by atoms with Crippen molar-refractivity contribution in [3.8, 4) is 0 Å². The van der Waals surface area contributed by atoms with Gasteiger partial charge in [0, 0.05) is 19.5 Å². The summed E-state index contributed by atoms with van der Waals surface area (Å²) in [4.78, 5) is 16.0. The van der Waals surface area contributed by atoms with Crippen LogP contribution in [-0.2, 0) is 17.2 Å². The number of fused-ring (bicyclic) bond motifs is 1. The third-order valence-corrected chi connectivity index (χ3v) is 3.80. The number of nitrogens with zero attached hydrogens (tertiary/aromatic N) is 4. The maximum absolute atomic E-state index is 11.4. The number of carbonyl (C=O) groups is 1. The van der Waals surface area contributed by atoms with Crippen LogP contribution in [0.2, 0.25) is 0 Å². The molecule has 0 bridgehead atoms. The Bertz CT molecular complexity index is 644. The zero-order chi connectivity index (χ0) is 13.6. The molecule has 7 heteroatoms. The predicted octanol–water partition coefficient (Wildman–Crippen LogP) is 1.36. The summed E-state index contributed by atoms with van der Waals surface area (Å²) in [6.45, 7) is 5.39. The molecule has 2 aromatic rings. The van der Waals surface area contributed by atoms with Gasteiger partial charge < -0.3 is 9.88 Å². The zero-order valence-electron chi connectivity index (χ0n) is 11.0. The third-order valence-electron chi connectivity index (χ3n) is 3.56. The Hall–Kier alpha value is -1.56. The third kappa shape index (κ3) is 1.82. The van der Waals surface area contributed by atoms with E-state index in [2.05, 4.69) is 20.0 Å². The van der Waals surface area contributed by atoms with Gasteiger partial charge in [-0.05, 0) is 13.8 Å². The fourth-order valence-corrected chi connectivity index (χ4v) is 2.89. The molecule has 0 aromatic carbocycles. The Balaban J connectivity index is 2.22. The van der Waals surface area contributed by atoms with Gasteiger partial charge in [-0.25, -0.2) is 9.67 Å². The van der Waals surface area contributed by atoms with Crippen molar-refractivity contribution in [3.05, 3.63) is 11.5 Å². The molecule has 1 saturated heterocycles. The lowest BCUT2D eigenvalue weighted by molar-refractivity contribution is -0.119. The normalized spacial score (nSPS) is 19.3. The van der Waals surface area contributed by atoms with Gasteiger partial charge in [0.1, 0.15) is 11.3 Å². The first kappa shape index (κ1) is 12.5. The number of aryl methyl sites for hydroxylation is 2. The Morgan fingerprint density at radius 3 is 2.89 bits per heavy atom. The van der Waals surface area contributed by atoms with E-state index >= 15 is 0 Å². The van der Waals surface area contributed by atoms with Crippen LogP contribution in [0.1, 0.15) is 30.9 Å². The van der Waals surface area contributed by atoms with Crippen LogP contribution in [0.4, 0.5) is 0 Å². The summed E-state index contributed by atoms with van der Waals surface area (Å²) in [5.74, 6) is 1.22. The average molecular weight is 282 g/mol. The summed E-state index contributed by atoms with van der Waals surface area (Å²) in [6, 6.07) is 0.0765. The first-order valence-electron chi connectivity index (χ1n) is 6.42. The largest absolute Gasteiger partial charge is 0.354 e. The van der Waals surface area contributed by atoms with Crippen molar-refractivity contribution in [2.24, 2.45) is 0 Å². The molecule has 1 N–H and O–H groups in total. The molecule has 102 valence electrons. The van der Waals surface area contributed by atoms with Crippen LogP contribution in [0.5, 0.6) is 0 Å². The summed E-state index contributed by atoms with van der Waals surface area (Å²) in [6.07, 6.45) is 0.475. The van der Waals surface area contributed by atoms with Gasteiger partial charge >= 0.3 is 0 Å². The van der Waals surface area contributed by atoms with Crippen molar-refractivity contribution in [2.75, 3.05) is 6.54 Å². The Kier molecular flexibility index (Phi) is 2.97. The number of amides is 1. The Morgan fingerprint density at radius 1 is 1.53 bits per heavy atom. The van der Waals surface area contributed by atoms with Crippen molar-refractivity contribution >= 4 is 28.7 Å². The molecule has 0 radical (unpaired) electrons. The van der Waals surface area contributed by atoms with Crippen molar-refractivity contribution in [2.45, 2.75) is 38.7 Å². The number of aromatic nitrogens is 4. The molecule has 1 aliphatic heterocycles. The molecule has 0 aliphatic carbocycles. The molecular formula is C12H16ClN5O. The van der Waals surface area contributed by atoms with Crippen LogP contribution < -0.4 is 5.32 Å². The predicted molar refractivity (Wildman–Crippen MR) is 72.1 cm³/mol. The number of imidazole rings is 1. The van der Waals surface area contributed by atoms with Gasteiger partial charge in [0.15, 0.2) is 5.65 Å². The zero-order valence-corrected chi connectivity index (χ0v) is 11.7. The SMILES string of the molecule is CCn1nc(C)c2nc(CCl)n(C3CNC(=O)C3)c21. The summed E-state index contributed by atoms with van der Waals surface area (Å²) in [7, 11) is 0. The number of hydrogen-bond donors (Lipinski definition) is 1. The van der Waals surface area contributed by atoms with Gasteiger partial charge in [-0.3, -0.25) is 4.79 Å². The molecule has 3 rings (SSSR count). The standard InChI is InChI=1S/C12H16ClN5O/c1-3-17-12-11(7(2)16-17)15-9(5-13)18(12)8-4-10(19)14-6-8/h8H,3-6H2,1-2H3,(H,14,19). The van der Waals surface area contributed by atoms with E-state index in [-0.39, 0.29) is 11.9 Å². The van der Waals surface area contributed by atoms with E-state index in [1.807, 2.05) is 18.5 Å². The molecule has 0 saturated carbocycles. The first-order valence-corrected chi connectivity index (χ1v) is 6.96. The molecule has 3 heterocycles. The topological polar surface area (TPSA) is 64.7 Å². The summed E-state index contributed by atoms with van der Waals surface area (Å²) < 4.78 is 4.00. The van der Waals surface area contributed by atoms with Crippen LogP contribution in [-0.4, -0.2) is 31.8 Å². The number of hydrogen-bond acceptors (Lipinski definition) is 3. The highest BCUT2D eigenvalue weighted by atomic mass is 35.5. The maximum Gasteiger partial charge on any atom is 0.222 e. The van der Waals surface area contributed by atoms with E-state index in [0.717, 1.165) is 29.2 Å². The fraction of sp³-hybridized carbons (Fsp3) is 0.583.